The fourth-order valence-electron chi connectivity index (χ4n) is 4.72. The van der Waals surface area contributed by atoms with Crippen molar-refractivity contribution >= 4 is 17.7 Å². The molecule has 0 fully saturated rings. The normalized spacial score (nSPS) is 23.6. The highest BCUT2D eigenvalue weighted by Crippen LogP contribution is 2.21. The molecule has 2 aromatic rings. The first-order valence-electron chi connectivity index (χ1n) is 14.2. The van der Waals surface area contributed by atoms with Crippen molar-refractivity contribution in [2.75, 3.05) is 27.2 Å². The number of aryl methyl sites for hydroxylation is 1. The molecule has 0 aliphatic carbocycles. The van der Waals surface area contributed by atoms with Gasteiger partial charge in [-0.1, -0.05) is 43.7 Å². The van der Waals surface area contributed by atoms with E-state index in [1.54, 1.807) is 21.1 Å². The standard InChI is InChI=1S/C31H44N4O5/c1-6-10-26-31(38)35(4)22(3)29(36)34-27(19-23-14-16-25(39-5)17-15-23)30(37)32-18-9-12-24-11-7-8-13-28(24)40-21(2)20-33-26/h7-8,11,13-17,21-22,26-27,33H,6,9-10,12,18-20H2,1-5H3,(H,32,37)(H,34,36)/t21-,22-,26?,27-/m1/s1. The molecule has 1 unspecified atom stereocenters. The van der Waals surface area contributed by atoms with Gasteiger partial charge in [-0.25, -0.2) is 0 Å². The van der Waals surface area contributed by atoms with Crippen LogP contribution in [0.2, 0.25) is 0 Å². The van der Waals surface area contributed by atoms with Crippen molar-refractivity contribution in [1.82, 2.24) is 20.9 Å². The molecular formula is C31H44N4O5. The number of amides is 3. The van der Waals surface area contributed by atoms with Gasteiger partial charge in [0, 0.05) is 26.6 Å². The fourth-order valence-corrected chi connectivity index (χ4v) is 4.72. The third-order valence-corrected chi connectivity index (χ3v) is 7.29. The molecule has 0 saturated heterocycles. The molecule has 9 nitrogen and oxygen atoms in total. The average Bonchev–Trinajstić information content (AvgIpc) is 2.96. The van der Waals surface area contributed by atoms with Gasteiger partial charge in [-0.05, 0) is 62.4 Å². The molecule has 3 rings (SSSR count). The summed E-state index contributed by atoms with van der Waals surface area (Å²) in [6.45, 7) is 6.61. The van der Waals surface area contributed by atoms with Crippen LogP contribution < -0.4 is 25.4 Å². The van der Waals surface area contributed by atoms with Gasteiger partial charge in [-0.15, -0.1) is 0 Å². The third kappa shape index (κ3) is 8.71. The van der Waals surface area contributed by atoms with Gasteiger partial charge in [0.25, 0.3) is 0 Å². The van der Waals surface area contributed by atoms with E-state index in [1.165, 1.54) is 4.90 Å². The van der Waals surface area contributed by atoms with E-state index in [4.69, 9.17) is 9.47 Å². The number of carbonyl (C=O) groups is 3. The zero-order valence-corrected chi connectivity index (χ0v) is 24.4. The number of para-hydroxylation sites is 1. The average molecular weight is 553 g/mol. The first-order chi connectivity index (χ1) is 19.2. The van der Waals surface area contributed by atoms with Crippen LogP contribution in [-0.4, -0.2) is 74.1 Å². The second-order valence-corrected chi connectivity index (χ2v) is 10.4. The van der Waals surface area contributed by atoms with E-state index in [0.717, 1.165) is 29.7 Å². The number of ether oxygens (including phenoxy) is 2. The van der Waals surface area contributed by atoms with Gasteiger partial charge in [0.15, 0.2) is 0 Å². The molecule has 2 aromatic carbocycles. The second-order valence-electron chi connectivity index (χ2n) is 10.4. The molecule has 40 heavy (non-hydrogen) atoms. The highest BCUT2D eigenvalue weighted by Gasteiger charge is 2.31. The van der Waals surface area contributed by atoms with E-state index in [-0.39, 0.29) is 23.8 Å². The Morgan fingerprint density at radius 2 is 1.73 bits per heavy atom. The van der Waals surface area contributed by atoms with Crippen LogP contribution in [0, 0.1) is 0 Å². The zero-order chi connectivity index (χ0) is 29.1. The Labute approximate surface area is 238 Å². The minimum atomic E-state index is -0.799. The number of carbonyl (C=O) groups excluding carboxylic acids is 3. The van der Waals surface area contributed by atoms with Gasteiger partial charge in [0.05, 0.1) is 13.2 Å². The molecule has 9 heteroatoms. The molecule has 0 bridgehead atoms. The van der Waals surface area contributed by atoms with Crippen LogP contribution in [0.5, 0.6) is 11.5 Å². The number of hydrogen-bond acceptors (Lipinski definition) is 6. The minimum absolute atomic E-state index is 0.170. The maximum absolute atomic E-state index is 13.4. The summed E-state index contributed by atoms with van der Waals surface area (Å²) in [5, 5.41) is 9.25. The number of methoxy groups -OCH3 is 1. The van der Waals surface area contributed by atoms with E-state index in [2.05, 4.69) is 16.0 Å². The number of hydrogen-bond donors (Lipinski definition) is 3. The Hall–Kier alpha value is -3.59. The van der Waals surface area contributed by atoms with Crippen LogP contribution in [0.4, 0.5) is 0 Å². The van der Waals surface area contributed by atoms with Crippen LogP contribution in [0.3, 0.4) is 0 Å². The molecule has 218 valence electrons. The molecule has 1 aliphatic rings. The van der Waals surface area contributed by atoms with Crippen LogP contribution in [0.15, 0.2) is 48.5 Å². The van der Waals surface area contributed by atoms with Crippen LogP contribution in [0.25, 0.3) is 0 Å². The highest BCUT2D eigenvalue weighted by molar-refractivity contribution is 5.93. The summed E-state index contributed by atoms with van der Waals surface area (Å²) in [5.74, 6) is 0.693. The molecule has 3 N–H and O–H groups in total. The Bertz CT molecular complexity index is 1120. The SMILES string of the molecule is CCCC1NC[C@@H](C)Oc2ccccc2CCCNC(=O)[C@@H](Cc2ccc(OC)cc2)NC(=O)[C@@H](C)N(C)C1=O. The lowest BCUT2D eigenvalue weighted by atomic mass is 10.0. The quantitative estimate of drug-likeness (QED) is 0.527. The van der Waals surface area contributed by atoms with Gasteiger partial charge in [-0.2, -0.15) is 0 Å². The summed E-state index contributed by atoms with van der Waals surface area (Å²) >= 11 is 0. The van der Waals surface area contributed by atoms with Crippen molar-refractivity contribution in [1.29, 1.82) is 0 Å². The Balaban J connectivity index is 1.85. The molecule has 0 spiro atoms. The van der Waals surface area contributed by atoms with Crippen LogP contribution in [-0.2, 0) is 27.2 Å². The van der Waals surface area contributed by atoms with Crippen molar-refractivity contribution in [2.24, 2.45) is 0 Å². The Morgan fingerprint density at radius 1 is 1.00 bits per heavy atom. The van der Waals surface area contributed by atoms with Crippen molar-refractivity contribution in [3.8, 4) is 11.5 Å². The Morgan fingerprint density at radius 3 is 2.42 bits per heavy atom. The highest BCUT2D eigenvalue weighted by atomic mass is 16.5. The van der Waals surface area contributed by atoms with Gasteiger partial charge >= 0.3 is 0 Å². The van der Waals surface area contributed by atoms with Crippen molar-refractivity contribution in [3.05, 3.63) is 59.7 Å². The number of nitrogens with zero attached hydrogens (tertiary/aromatic N) is 1. The minimum Gasteiger partial charge on any atom is -0.497 e. The monoisotopic (exact) mass is 552 g/mol. The second kappa shape index (κ2) is 15.3. The number of fused-ring (bicyclic) bond motifs is 1. The van der Waals surface area contributed by atoms with Gasteiger partial charge in [-0.3, -0.25) is 14.4 Å². The van der Waals surface area contributed by atoms with E-state index < -0.39 is 18.1 Å². The summed E-state index contributed by atoms with van der Waals surface area (Å²) in [6.07, 6.45) is 3.01. The van der Waals surface area contributed by atoms with E-state index in [0.29, 0.717) is 38.1 Å². The lowest BCUT2D eigenvalue weighted by Gasteiger charge is -2.30. The zero-order valence-electron chi connectivity index (χ0n) is 24.4. The number of nitrogens with one attached hydrogen (secondary N) is 3. The predicted octanol–water partition coefficient (Wildman–Crippen LogP) is 2.86. The third-order valence-electron chi connectivity index (χ3n) is 7.29. The fraction of sp³-hybridized carbons (Fsp3) is 0.516. The maximum Gasteiger partial charge on any atom is 0.243 e. The van der Waals surface area contributed by atoms with E-state index >= 15 is 0 Å². The van der Waals surface area contributed by atoms with Gasteiger partial charge in [0.2, 0.25) is 17.7 Å². The lowest BCUT2D eigenvalue weighted by molar-refractivity contribution is -0.141. The number of rotatable bonds is 5. The van der Waals surface area contributed by atoms with Gasteiger partial charge in [0.1, 0.15) is 29.7 Å². The molecule has 4 atom stereocenters. The summed E-state index contributed by atoms with van der Waals surface area (Å²) < 4.78 is 11.5. The maximum atomic E-state index is 13.4. The van der Waals surface area contributed by atoms with Gasteiger partial charge < -0.3 is 30.3 Å². The molecule has 3 amide bonds. The molecule has 0 radical (unpaired) electrons. The van der Waals surface area contributed by atoms with Crippen molar-refractivity contribution in [2.45, 2.75) is 77.1 Å². The topological polar surface area (TPSA) is 109 Å². The molecular weight excluding hydrogens is 508 g/mol. The van der Waals surface area contributed by atoms with E-state index in [1.807, 2.05) is 62.4 Å². The van der Waals surface area contributed by atoms with Crippen LogP contribution >= 0.6 is 0 Å². The summed E-state index contributed by atoms with van der Waals surface area (Å²) in [6, 6.07) is 13.3. The smallest absolute Gasteiger partial charge is 0.243 e. The molecule has 1 aliphatic heterocycles. The van der Waals surface area contributed by atoms with E-state index in [9.17, 15) is 14.4 Å². The number of likely N-dealkylation sites (N-methyl/N-ethyl adjacent to an activating group) is 1. The van der Waals surface area contributed by atoms with Crippen molar-refractivity contribution < 1.29 is 23.9 Å². The molecule has 1 heterocycles. The molecule has 0 saturated carbocycles. The first-order valence-corrected chi connectivity index (χ1v) is 14.2. The summed E-state index contributed by atoms with van der Waals surface area (Å²) in [7, 11) is 3.23. The lowest BCUT2D eigenvalue weighted by Crippen LogP contribution is -2.56. The Kier molecular flexibility index (Phi) is 11.8. The van der Waals surface area contributed by atoms with Crippen LogP contribution in [0.1, 0.15) is 51.2 Å². The summed E-state index contributed by atoms with van der Waals surface area (Å²) in [4.78, 5) is 41.5. The van der Waals surface area contributed by atoms with Crippen molar-refractivity contribution in [3.63, 3.8) is 0 Å². The molecule has 0 aromatic heterocycles. The summed E-state index contributed by atoms with van der Waals surface area (Å²) in [5.41, 5.74) is 1.94. The first kappa shape index (κ1) is 30.9. The largest absolute Gasteiger partial charge is 0.497 e. The number of benzene rings is 2. The predicted molar refractivity (Wildman–Crippen MR) is 155 cm³/mol.